The van der Waals surface area contributed by atoms with E-state index in [2.05, 4.69) is 10.6 Å². The largest absolute Gasteiger partial charge is 0.733 e. The van der Waals surface area contributed by atoms with Gasteiger partial charge in [0.25, 0.3) is 0 Å². The van der Waals surface area contributed by atoms with Gasteiger partial charge in [-0.05, 0) is 74.9 Å². The van der Waals surface area contributed by atoms with Crippen LogP contribution in [0, 0.1) is 16.3 Å². The molecule has 0 aliphatic carbocycles. The minimum Gasteiger partial charge on any atom is -0.733 e. The number of anilines is 2. The van der Waals surface area contributed by atoms with Crippen LogP contribution >= 0.6 is 0 Å². The van der Waals surface area contributed by atoms with E-state index in [0.29, 0.717) is 11.1 Å². The first-order chi connectivity index (χ1) is 21.0. The van der Waals surface area contributed by atoms with Crippen LogP contribution in [0.3, 0.4) is 0 Å². The summed E-state index contributed by atoms with van der Waals surface area (Å²) in [7, 11) is 0. The topological polar surface area (TPSA) is 213 Å². The van der Waals surface area contributed by atoms with Crippen LogP contribution in [0.25, 0.3) is 0 Å². The molecule has 0 fully saturated rings. The van der Waals surface area contributed by atoms with Crippen molar-refractivity contribution in [3.63, 3.8) is 0 Å². The number of esters is 2. The molecule has 0 saturated heterocycles. The Kier molecular flexibility index (Phi) is 14.0. The first-order valence-corrected chi connectivity index (χ1v) is 14.2. The number of hydrogen-bond acceptors (Lipinski definition) is 13. The molecule has 0 saturated carbocycles. The predicted molar refractivity (Wildman–Crippen MR) is 162 cm³/mol. The molecule has 0 aromatic heterocycles. The summed E-state index contributed by atoms with van der Waals surface area (Å²) in [5, 5.41) is 44.4. The van der Waals surface area contributed by atoms with Crippen molar-refractivity contribution in [3.8, 4) is 0 Å². The zero-order valence-electron chi connectivity index (χ0n) is 25.8. The summed E-state index contributed by atoms with van der Waals surface area (Å²) in [6.07, 6.45) is -1.08. The molecule has 0 aliphatic heterocycles. The Labute approximate surface area is 261 Å². The summed E-state index contributed by atoms with van der Waals surface area (Å²) in [6.45, 7) is 8.33. The molecule has 15 nitrogen and oxygen atoms in total. The minimum absolute atomic E-state index is 0.00387. The third-order valence-corrected chi connectivity index (χ3v) is 6.05. The van der Waals surface area contributed by atoms with Crippen LogP contribution in [-0.2, 0) is 41.8 Å². The van der Waals surface area contributed by atoms with Gasteiger partial charge in [-0.1, -0.05) is 38.1 Å². The maximum Gasteiger partial charge on any atom is 0.408 e. The van der Waals surface area contributed by atoms with E-state index in [4.69, 9.17) is 24.6 Å². The van der Waals surface area contributed by atoms with Gasteiger partial charge in [0, 0.05) is 6.42 Å². The number of amides is 2. The van der Waals surface area contributed by atoms with Crippen molar-refractivity contribution in [2.45, 2.75) is 84.8 Å². The van der Waals surface area contributed by atoms with Crippen LogP contribution in [0.15, 0.2) is 48.5 Å². The number of rotatable bonds is 15. The normalized spacial score (nSPS) is 12.5. The van der Waals surface area contributed by atoms with Crippen LogP contribution in [0.4, 0.5) is 16.2 Å². The van der Waals surface area contributed by atoms with Gasteiger partial charge >= 0.3 is 18.0 Å². The van der Waals surface area contributed by atoms with Crippen LogP contribution in [0.1, 0.15) is 65.0 Å². The average molecular weight is 633 g/mol. The molecule has 0 bridgehead atoms. The Morgan fingerprint density at radius 3 is 1.73 bits per heavy atom. The second kappa shape index (κ2) is 17.2. The molecule has 0 spiro atoms. The lowest BCUT2D eigenvalue weighted by atomic mass is 10.0. The van der Waals surface area contributed by atoms with Gasteiger partial charge in [-0.3, -0.25) is 20.0 Å². The van der Waals surface area contributed by atoms with Gasteiger partial charge in [-0.15, -0.1) is 0 Å². The van der Waals surface area contributed by atoms with E-state index in [1.165, 1.54) is 48.5 Å². The minimum atomic E-state index is -1.30. The van der Waals surface area contributed by atoms with Crippen LogP contribution in [-0.4, -0.2) is 52.0 Å². The van der Waals surface area contributed by atoms with Gasteiger partial charge < -0.3 is 45.7 Å². The van der Waals surface area contributed by atoms with E-state index in [9.17, 15) is 29.6 Å². The van der Waals surface area contributed by atoms with Crippen molar-refractivity contribution in [1.82, 2.24) is 10.6 Å². The highest BCUT2D eigenvalue weighted by molar-refractivity contribution is 5.90. The maximum absolute atomic E-state index is 13.3. The maximum atomic E-state index is 13.3. The molecule has 45 heavy (non-hydrogen) atoms. The number of nitrogens with one attached hydrogen (secondary N) is 2. The zero-order chi connectivity index (χ0) is 33.7. The molecule has 0 aliphatic rings. The first kappa shape index (κ1) is 36.8. The zero-order valence-corrected chi connectivity index (χ0v) is 25.8. The highest BCUT2D eigenvalue weighted by atomic mass is 16.8. The summed E-state index contributed by atoms with van der Waals surface area (Å²) in [5.41, 5.74) is 0.175. The Hall–Kier alpha value is -4.44. The third kappa shape index (κ3) is 13.8. The molecule has 0 radical (unpaired) electrons. The van der Waals surface area contributed by atoms with Gasteiger partial charge in [-0.2, -0.15) is 0 Å². The standard InChI is InChI=1S/C30H40N4O11/c1-19(2)16-25(32-29(38)45-30(3,4)5)27(36)31-24(28(37)44-18-21-8-12-23(13-9-21)34(41)42)14-15-26(35)43-17-20-6-10-22(11-7-20)33(39)40/h6-13,19,24-25,39,41H,14-18H2,1-5H3,(H,31,36)(H,32,38)/q-2. The number of alkyl carbamates (subject to hydrolysis) is 1. The van der Waals surface area contributed by atoms with Crippen molar-refractivity contribution in [2.75, 3.05) is 10.5 Å². The monoisotopic (exact) mass is 632 g/mol. The molecule has 2 aromatic rings. The lowest BCUT2D eigenvalue weighted by Crippen LogP contribution is -2.53. The highest BCUT2D eigenvalue weighted by Gasteiger charge is 2.30. The number of benzene rings is 2. The molecule has 2 aromatic carbocycles. The summed E-state index contributed by atoms with van der Waals surface area (Å²) in [6, 6.07) is 8.83. The van der Waals surface area contributed by atoms with E-state index in [-0.39, 0.29) is 60.2 Å². The van der Waals surface area contributed by atoms with E-state index in [0.717, 1.165) is 0 Å². The fourth-order valence-electron chi connectivity index (χ4n) is 3.87. The quantitative estimate of drug-likeness (QED) is 0.124. The predicted octanol–water partition coefficient (Wildman–Crippen LogP) is 4.06. The van der Waals surface area contributed by atoms with E-state index in [1.54, 1.807) is 20.8 Å². The summed E-state index contributed by atoms with van der Waals surface area (Å²) in [4.78, 5) is 51.3. The molecule has 2 atom stereocenters. The fourth-order valence-corrected chi connectivity index (χ4v) is 3.87. The summed E-state index contributed by atoms with van der Waals surface area (Å²) in [5.74, 6) is -2.27. The average Bonchev–Trinajstić information content (AvgIpc) is 2.95. The van der Waals surface area contributed by atoms with E-state index < -0.39 is 41.6 Å². The lowest BCUT2D eigenvalue weighted by Gasteiger charge is -2.26. The molecule has 2 amide bonds. The molecule has 248 valence electrons. The number of carbonyl (C=O) groups excluding carboxylic acids is 4. The Morgan fingerprint density at radius 1 is 0.800 bits per heavy atom. The van der Waals surface area contributed by atoms with Gasteiger partial charge in [0.15, 0.2) is 0 Å². The highest BCUT2D eigenvalue weighted by Crippen LogP contribution is 2.16. The van der Waals surface area contributed by atoms with Crippen molar-refractivity contribution in [1.29, 1.82) is 0 Å². The third-order valence-electron chi connectivity index (χ3n) is 6.05. The molecular weight excluding hydrogens is 592 g/mol. The van der Waals surface area contributed by atoms with E-state index in [1.807, 2.05) is 13.8 Å². The molecular formula is C30H40N4O11-2. The Balaban J connectivity index is 2.11. The van der Waals surface area contributed by atoms with Gasteiger partial charge in [0.2, 0.25) is 5.91 Å². The Morgan fingerprint density at radius 2 is 1.29 bits per heavy atom. The van der Waals surface area contributed by atoms with Crippen LogP contribution in [0.5, 0.6) is 0 Å². The van der Waals surface area contributed by atoms with Crippen molar-refractivity contribution >= 4 is 35.3 Å². The van der Waals surface area contributed by atoms with Crippen molar-refractivity contribution < 1.29 is 43.8 Å². The Bertz CT molecular complexity index is 1260. The second-order valence-corrected chi connectivity index (χ2v) is 11.6. The van der Waals surface area contributed by atoms with Gasteiger partial charge in [0.05, 0.1) is 11.4 Å². The van der Waals surface area contributed by atoms with Gasteiger partial charge in [-0.25, -0.2) is 9.59 Å². The van der Waals surface area contributed by atoms with Crippen molar-refractivity contribution in [2.24, 2.45) is 5.92 Å². The smallest absolute Gasteiger partial charge is 0.408 e. The molecule has 15 heteroatoms. The molecule has 4 N–H and O–H groups in total. The van der Waals surface area contributed by atoms with Crippen molar-refractivity contribution in [3.05, 3.63) is 70.1 Å². The molecule has 0 heterocycles. The summed E-state index contributed by atoms with van der Waals surface area (Å²) >= 11 is 0. The first-order valence-electron chi connectivity index (χ1n) is 14.2. The van der Waals surface area contributed by atoms with Gasteiger partial charge in [0.1, 0.15) is 30.9 Å². The molecule has 2 rings (SSSR count). The second-order valence-electron chi connectivity index (χ2n) is 11.6. The number of hydrogen-bond donors (Lipinski definition) is 4. The van der Waals surface area contributed by atoms with Crippen LogP contribution < -0.4 is 21.1 Å². The fraction of sp³-hybridized carbons (Fsp3) is 0.467. The number of nitrogens with zero attached hydrogens (tertiary/aromatic N) is 2. The molecule has 2 unspecified atom stereocenters. The number of ether oxygens (including phenoxy) is 3. The van der Waals surface area contributed by atoms with E-state index >= 15 is 0 Å². The number of carbonyl (C=O) groups is 4. The SMILES string of the molecule is CC(C)CC(NC(=O)OC(C)(C)C)C(=O)NC(CCC(=O)OCc1ccc(N([O-])O)cc1)C(=O)OCc1ccc(N([O-])O)cc1. The van der Waals surface area contributed by atoms with Crippen LogP contribution in [0.2, 0.25) is 0 Å². The summed E-state index contributed by atoms with van der Waals surface area (Å²) < 4.78 is 15.9. The lowest BCUT2D eigenvalue weighted by molar-refractivity contribution is -0.150.